The minimum atomic E-state index is -3.62. The van der Waals surface area contributed by atoms with Crippen LogP contribution in [0.25, 0.3) is 0 Å². The predicted octanol–water partition coefficient (Wildman–Crippen LogP) is 2.17. The molecule has 0 radical (unpaired) electrons. The van der Waals surface area contributed by atoms with Gasteiger partial charge in [-0.15, -0.1) is 0 Å². The molecular weight excluding hydrogens is 314 g/mol. The number of benzene rings is 1. The number of aromatic nitrogens is 2. The van der Waals surface area contributed by atoms with E-state index < -0.39 is 10.0 Å². The third-order valence-electron chi connectivity index (χ3n) is 3.01. The number of rotatable bonds is 5. The Labute approximate surface area is 128 Å². The predicted molar refractivity (Wildman–Crippen MR) is 80.1 cm³/mol. The molecular formula is C13H16ClN3O3S. The van der Waals surface area contributed by atoms with Crippen LogP contribution < -0.4 is 9.46 Å². The van der Waals surface area contributed by atoms with Gasteiger partial charge in [0, 0.05) is 6.54 Å². The second-order valence-electron chi connectivity index (χ2n) is 4.56. The van der Waals surface area contributed by atoms with E-state index in [9.17, 15) is 8.42 Å². The molecule has 0 aliphatic rings. The Morgan fingerprint density at radius 2 is 2.10 bits per heavy atom. The Morgan fingerprint density at radius 3 is 2.62 bits per heavy atom. The maximum atomic E-state index is 12.3. The first-order valence-corrected chi connectivity index (χ1v) is 8.05. The van der Waals surface area contributed by atoms with Gasteiger partial charge >= 0.3 is 0 Å². The molecule has 0 unspecified atom stereocenters. The number of nitrogens with one attached hydrogen (secondary N) is 2. The highest BCUT2D eigenvalue weighted by atomic mass is 35.5. The van der Waals surface area contributed by atoms with Crippen molar-refractivity contribution in [2.45, 2.75) is 25.3 Å². The summed E-state index contributed by atoms with van der Waals surface area (Å²) in [7, 11) is -2.10. The minimum Gasteiger partial charge on any atom is -0.495 e. The van der Waals surface area contributed by atoms with E-state index in [1.54, 1.807) is 32.0 Å². The van der Waals surface area contributed by atoms with Crippen molar-refractivity contribution < 1.29 is 13.2 Å². The summed E-state index contributed by atoms with van der Waals surface area (Å²) in [5.74, 6) is 0.546. The molecule has 2 aromatic rings. The number of H-pyrrole nitrogens is 1. The van der Waals surface area contributed by atoms with Crippen LogP contribution in [0.2, 0.25) is 5.02 Å². The van der Waals surface area contributed by atoms with E-state index in [0.717, 1.165) is 5.56 Å². The van der Waals surface area contributed by atoms with Crippen molar-refractivity contribution >= 4 is 21.6 Å². The van der Waals surface area contributed by atoms with Gasteiger partial charge in [0.05, 0.1) is 23.5 Å². The normalized spacial score (nSPS) is 11.6. The third-order valence-corrected chi connectivity index (χ3v) is 4.97. The molecule has 6 nitrogen and oxygen atoms in total. The average Bonchev–Trinajstić information content (AvgIpc) is 2.77. The first kappa shape index (κ1) is 15.8. The third kappa shape index (κ3) is 3.37. The molecule has 1 heterocycles. The van der Waals surface area contributed by atoms with E-state index in [1.807, 2.05) is 0 Å². The quantitative estimate of drug-likeness (QED) is 0.880. The highest BCUT2D eigenvalue weighted by Crippen LogP contribution is 2.25. The average molecular weight is 330 g/mol. The molecule has 0 saturated heterocycles. The molecule has 114 valence electrons. The van der Waals surface area contributed by atoms with Gasteiger partial charge in [0.2, 0.25) is 10.0 Å². The van der Waals surface area contributed by atoms with Crippen molar-refractivity contribution in [3.8, 4) is 5.75 Å². The fraction of sp³-hybridized carbons (Fsp3) is 0.308. The zero-order chi connectivity index (χ0) is 15.6. The van der Waals surface area contributed by atoms with Crippen molar-refractivity contribution in [3.05, 3.63) is 40.2 Å². The van der Waals surface area contributed by atoms with Crippen LogP contribution in [0.3, 0.4) is 0 Å². The number of ether oxygens (including phenoxy) is 1. The standard InChI is InChI=1S/C13H16ClN3O3S/c1-8-13(9(2)17-16-8)21(18,19)15-7-10-4-5-12(20-3)11(14)6-10/h4-6,15H,7H2,1-3H3,(H,16,17). The number of halogens is 1. The summed E-state index contributed by atoms with van der Waals surface area (Å²) in [6.45, 7) is 3.44. The molecule has 0 aliphatic heterocycles. The Morgan fingerprint density at radius 1 is 1.38 bits per heavy atom. The fourth-order valence-corrected chi connectivity index (χ4v) is 3.67. The maximum Gasteiger partial charge on any atom is 0.244 e. The van der Waals surface area contributed by atoms with Crippen molar-refractivity contribution in [1.82, 2.24) is 14.9 Å². The van der Waals surface area contributed by atoms with Crippen LogP contribution in [0.1, 0.15) is 17.0 Å². The number of aryl methyl sites for hydroxylation is 2. The van der Waals surface area contributed by atoms with E-state index in [1.165, 1.54) is 7.11 Å². The number of sulfonamides is 1. The van der Waals surface area contributed by atoms with Crippen LogP contribution in [0.5, 0.6) is 5.75 Å². The van der Waals surface area contributed by atoms with Crippen molar-refractivity contribution in [3.63, 3.8) is 0 Å². The number of hydrogen-bond donors (Lipinski definition) is 2. The van der Waals surface area contributed by atoms with Gasteiger partial charge in [-0.2, -0.15) is 5.10 Å². The van der Waals surface area contributed by atoms with Crippen LogP contribution in [-0.4, -0.2) is 25.7 Å². The largest absolute Gasteiger partial charge is 0.495 e. The lowest BCUT2D eigenvalue weighted by Gasteiger charge is -2.09. The molecule has 0 amide bonds. The van der Waals surface area contributed by atoms with Gasteiger partial charge in [-0.1, -0.05) is 17.7 Å². The maximum absolute atomic E-state index is 12.3. The molecule has 2 rings (SSSR count). The van der Waals surface area contributed by atoms with Gasteiger partial charge in [0.25, 0.3) is 0 Å². The zero-order valence-electron chi connectivity index (χ0n) is 11.9. The molecule has 21 heavy (non-hydrogen) atoms. The van der Waals surface area contributed by atoms with Gasteiger partial charge in [0.1, 0.15) is 10.6 Å². The topological polar surface area (TPSA) is 84.1 Å². The molecule has 8 heteroatoms. The Kier molecular flexibility index (Phi) is 4.55. The lowest BCUT2D eigenvalue weighted by atomic mass is 10.2. The van der Waals surface area contributed by atoms with Gasteiger partial charge in [-0.25, -0.2) is 13.1 Å². The van der Waals surface area contributed by atoms with Gasteiger partial charge in [-0.3, -0.25) is 5.10 Å². The van der Waals surface area contributed by atoms with E-state index >= 15 is 0 Å². The van der Waals surface area contributed by atoms with E-state index in [2.05, 4.69) is 14.9 Å². The highest BCUT2D eigenvalue weighted by Gasteiger charge is 2.21. The Balaban J connectivity index is 2.18. The number of aromatic amines is 1. The second-order valence-corrected chi connectivity index (χ2v) is 6.67. The molecule has 0 saturated carbocycles. The lowest BCUT2D eigenvalue weighted by Crippen LogP contribution is -2.24. The summed E-state index contributed by atoms with van der Waals surface area (Å²) in [5, 5.41) is 6.99. The number of hydrogen-bond acceptors (Lipinski definition) is 4. The van der Waals surface area contributed by atoms with Gasteiger partial charge in [0.15, 0.2) is 0 Å². The van der Waals surface area contributed by atoms with Crippen molar-refractivity contribution in [2.24, 2.45) is 0 Å². The molecule has 1 aromatic heterocycles. The summed E-state index contributed by atoms with van der Waals surface area (Å²) in [6, 6.07) is 5.11. The molecule has 0 fully saturated rings. The second kappa shape index (κ2) is 6.05. The zero-order valence-corrected chi connectivity index (χ0v) is 13.5. The monoisotopic (exact) mass is 329 g/mol. The van der Waals surface area contributed by atoms with Gasteiger partial charge in [-0.05, 0) is 31.5 Å². The van der Waals surface area contributed by atoms with Gasteiger partial charge < -0.3 is 4.74 Å². The summed E-state index contributed by atoms with van der Waals surface area (Å²) in [6.07, 6.45) is 0. The van der Waals surface area contributed by atoms with E-state index in [0.29, 0.717) is 22.2 Å². The Bertz CT molecular complexity index is 737. The Hall–Kier alpha value is -1.57. The smallest absolute Gasteiger partial charge is 0.244 e. The minimum absolute atomic E-state index is 0.135. The van der Waals surface area contributed by atoms with Crippen LogP contribution >= 0.6 is 11.6 Å². The molecule has 2 N–H and O–H groups in total. The molecule has 0 bridgehead atoms. The lowest BCUT2D eigenvalue weighted by molar-refractivity contribution is 0.415. The van der Waals surface area contributed by atoms with E-state index in [4.69, 9.17) is 16.3 Å². The van der Waals surface area contributed by atoms with Crippen LogP contribution in [0.15, 0.2) is 23.1 Å². The summed E-state index contributed by atoms with van der Waals surface area (Å²) in [5.41, 5.74) is 1.68. The highest BCUT2D eigenvalue weighted by molar-refractivity contribution is 7.89. The summed E-state index contributed by atoms with van der Waals surface area (Å²) < 4.78 is 32.2. The summed E-state index contributed by atoms with van der Waals surface area (Å²) >= 11 is 6.01. The fourth-order valence-electron chi connectivity index (χ4n) is 2.01. The van der Waals surface area contributed by atoms with Crippen molar-refractivity contribution in [2.75, 3.05) is 7.11 Å². The first-order chi connectivity index (χ1) is 9.85. The van der Waals surface area contributed by atoms with Crippen LogP contribution in [0, 0.1) is 13.8 Å². The molecule has 0 aliphatic carbocycles. The molecule has 0 spiro atoms. The molecule has 1 aromatic carbocycles. The van der Waals surface area contributed by atoms with Crippen LogP contribution in [0.4, 0.5) is 0 Å². The SMILES string of the molecule is COc1ccc(CNS(=O)(=O)c2c(C)n[nH]c2C)cc1Cl. The first-order valence-electron chi connectivity index (χ1n) is 6.19. The number of nitrogens with zero attached hydrogens (tertiary/aromatic N) is 1. The molecule has 0 atom stereocenters. The number of methoxy groups -OCH3 is 1. The van der Waals surface area contributed by atoms with Crippen LogP contribution in [-0.2, 0) is 16.6 Å². The summed E-state index contributed by atoms with van der Waals surface area (Å²) in [4.78, 5) is 0.183. The van der Waals surface area contributed by atoms with Crippen molar-refractivity contribution in [1.29, 1.82) is 0 Å². The van der Waals surface area contributed by atoms with E-state index in [-0.39, 0.29) is 11.4 Å².